The van der Waals surface area contributed by atoms with Crippen molar-refractivity contribution in [3.8, 4) is 0 Å². The lowest BCUT2D eigenvalue weighted by molar-refractivity contribution is -0.138. The number of carboxylic acids is 1. The maximum absolute atomic E-state index is 12.6. The number of nitrogens with one attached hydrogen (secondary N) is 2. The summed E-state index contributed by atoms with van der Waals surface area (Å²) in [6.45, 7) is 2.36. The number of halogens is 3. The molecular weight excluding hydrogens is 419 g/mol. The van der Waals surface area contributed by atoms with Gasteiger partial charge in [0.2, 0.25) is 5.95 Å². The van der Waals surface area contributed by atoms with Crippen LogP contribution in [0, 0.1) is 5.92 Å². The Kier molecular flexibility index (Phi) is 7.77. The molecule has 0 amide bonds. The first-order valence-electron chi connectivity index (χ1n) is 10.9. The van der Waals surface area contributed by atoms with E-state index in [0.29, 0.717) is 23.6 Å². The molecule has 2 aromatic carbocycles. The second kappa shape index (κ2) is 10.5. The number of hydrogen-bond acceptors (Lipinski definition) is 3. The molecule has 3 aromatic rings. The number of aliphatic carboxylic acids is 1. The number of alkyl halides is 3. The maximum Gasteiger partial charge on any atom is 0.416 e. The van der Waals surface area contributed by atoms with E-state index >= 15 is 0 Å². The number of carbonyl (C=O) groups is 1. The number of carboxylic acid groups (broad SMARTS) is 1. The highest BCUT2D eigenvalue weighted by molar-refractivity contribution is 5.79. The number of fused-ring (bicyclic) bond motifs is 1. The summed E-state index contributed by atoms with van der Waals surface area (Å²) in [5.74, 6) is 0.563. The summed E-state index contributed by atoms with van der Waals surface area (Å²) in [5, 5.41) is 11.6. The average Bonchev–Trinajstić information content (AvgIpc) is 3.14. The Labute approximate surface area is 185 Å². The van der Waals surface area contributed by atoms with Crippen molar-refractivity contribution in [3.63, 3.8) is 0 Å². The van der Waals surface area contributed by atoms with Crippen LogP contribution in [-0.2, 0) is 17.4 Å². The Morgan fingerprint density at radius 3 is 2.38 bits per heavy atom. The largest absolute Gasteiger partial charge is 0.481 e. The lowest BCUT2D eigenvalue weighted by Gasteiger charge is -2.15. The number of aromatic amines is 1. The molecule has 1 heterocycles. The van der Waals surface area contributed by atoms with Crippen LogP contribution in [0.25, 0.3) is 11.0 Å². The number of rotatable bonds is 5. The highest BCUT2D eigenvalue weighted by Crippen LogP contribution is 2.30. The van der Waals surface area contributed by atoms with Gasteiger partial charge in [-0.15, -0.1) is 0 Å². The van der Waals surface area contributed by atoms with Crippen LogP contribution in [0.4, 0.5) is 24.8 Å². The van der Waals surface area contributed by atoms with Gasteiger partial charge >= 0.3 is 12.1 Å². The predicted octanol–water partition coefficient (Wildman–Crippen LogP) is 6.93. The molecule has 8 heteroatoms. The molecule has 0 bridgehead atoms. The molecule has 1 aliphatic carbocycles. The van der Waals surface area contributed by atoms with Crippen molar-refractivity contribution < 1.29 is 23.1 Å². The van der Waals surface area contributed by atoms with E-state index < -0.39 is 17.7 Å². The van der Waals surface area contributed by atoms with E-state index in [1.165, 1.54) is 44.2 Å². The minimum Gasteiger partial charge on any atom is -0.481 e. The standard InChI is InChI=1S/C17H14F3N3O2.C7H14/c18-17(19,20)11-3-5-12(6-4-11)21-16-22-13-7-1-10(2-8-15(24)25)9-14(13)23-16;1-7-5-3-2-4-6-7/h1,3-7,9H,2,8H2,(H,24,25)(H2,21,22,23);7H,2-6H2,1H3. The Morgan fingerprint density at radius 2 is 1.81 bits per heavy atom. The van der Waals surface area contributed by atoms with Gasteiger partial charge in [0.25, 0.3) is 0 Å². The van der Waals surface area contributed by atoms with Crippen molar-refractivity contribution in [1.29, 1.82) is 0 Å². The molecule has 1 saturated carbocycles. The fourth-order valence-corrected chi connectivity index (χ4v) is 3.71. The fraction of sp³-hybridized carbons (Fsp3) is 0.417. The van der Waals surface area contributed by atoms with Crippen LogP contribution in [0.5, 0.6) is 0 Å². The monoisotopic (exact) mass is 447 g/mol. The molecule has 0 aliphatic heterocycles. The lowest BCUT2D eigenvalue weighted by atomic mass is 9.91. The van der Waals surface area contributed by atoms with Gasteiger partial charge in [0.15, 0.2) is 0 Å². The number of anilines is 2. The smallest absolute Gasteiger partial charge is 0.416 e. The van der Waals surface area contributed by atoms with Crippen LogP contribution in [0.15, 0.2) is 42.5 Å². The molecule has 3 N–H and O–H groups in total. The van der Waals surface area contributed by atoms with Crippen LogP contribution >= 0.6 is 0 Å². The van der Waals surface area contributed by atoms with E-state index in [0.717, 1.165) is 29.1 Å². The van der Waals surface area contributed by atoms with E-state index in [4.69, 9.17) is 5.11 Å². The Morgan fingerprint density at radius 1 is 1.12 bits per heavy atom. The van der Waals surface area contributed by atoms with Crippen molar-refractivity contribution in [2.45, 2.75) is 58.0 Å². The molecule has 0 saturated heterocycles. The minimum atomic E-state index is -4.37. The van der Waals surface area contributed by atoms with Gasteiger partial charge in [-0.3, -0.25) is 4.79 Å². The molecule has 1 fully saturated rings. The quantitative estimate of drug-likeness (QED) is 0.396. The summed E-state index contributed by atoms with van der Waals surface area (Å²) in [6, 6.07) is 10.0. The van der Waals surface area contributed by atoms with Gasteiger partial charge in [-0.05, 0) is 54.3 Å². The Balaban J connectivity index is 0.000000352. The third-order valence-electron chi connectivity index (χ3n) is 5.54. The number of aryl methyl sites for hydroxylation is 1. The van der Waals surface area contributed by atoms with E-state index in [-0.39, 0.29) is 6.42 Å². The summed E-state index contributed by atoms with van der Waals surface area (Å²) < 4.78 is 37.7. The van der Waals surface area contributed by atoms with Gasteiger partial charge in [-0.2, -0.15) is 13.2 Å². The first kappa shape index (κ1) is 23.6. The van der Waals surface area contributed by atoms with Gasteiger partial charge in [-0.25, -0.2) is 4.98 Å². The van der Waals surface area contributed by atoms with Crippen molar-refractivity contribution in [1.82, 2.24) is 9.97 Å². The summed E-state index contributed by atoms with van der Waals surface area (Å²) in [6.07, 6.45) is 3.51. The highest BCUT2D eigenvalue weighted by atomic mass is 19.4. The van der Waals surface area contributed by atoms with E-state index in [1.807, 2.05) is 6.07 Å². The SMILES string of the molecule is CC1CCCCC1.O=C(O)CCc1ccc2nc(Nc3ccc(C(F)(F)F)cc3)[nH]c2c1. The molecule has 32 heavy (non-hydrogen) atoms. The molecule has 1 aromatic heterocycles. The van der Waals surface area contributed by atoms with Crippen LogP contribution in [0.2, 0.25) is 0 Å². The molecular formula is C24H28F3N3O2. The molecule has 172 valence electrons. The Bertz CT molecular complexity index is 1020. The topological polar surface area (TPSA) is 78.0 Å². The number of aromatic nitrogens is 2. The predicted molar refractivity (Wildman–Crippen MR) is 119 cm³/mol. The molecule has 0 atom stereocenters. The van der Waals surface area contributed by atoms with E-state index in [9.17, 15) is 18.0 Å². The fourth-order valence-electron chi connectivity index (χ4n) is 3.71. The highest BCUT2D eigenvalue weighted by Gasteiger charge is 2.29. The lowest BCUT2D eigenvalue weighted by Crippen LogP contribution is -2.04. The molecule has 5 nitrogen and oxygen atoms in total. The van der Waals surface area contributed by atoms with Crippen molar-refractivity contribution >= 4 is 28.6 Å². The van der Waals surface area contributed by atoms with Crippen LogP contribution in [-0.4, -0.2) is 21.0 Å². The van der Waals surface area contributed by atoms with Crippen LogP contribution in [0.1, 0.15) is 56.6 Å². The molecule has 0 radical (unpaired) electrons. The summed E-state index contributed by atoms with van der Waals surface area (Å²) >= 11 is 0. The summed E-state index contributed by atoms with van der Waals surface area (Å²) in [5.41, 5.74) is 2.01. The van der Waals surface area contributed by atoms with Crippen LogP contribution in [0.3, 0.4) is 0 Å². The first-order valence-corrected chi connectivity index (χ1v) is 10.9. The maximum atomic E-state index is 12.6. The summed E-state index contributed by atoms with van der Waals surface area (Å²) in [7, 11) is 0. The summed E-state index contributed by atoms with van der Waals surface area (Å²) in [4.78, 5) is 18.0. The number of hydrogen-bond donors (Lipinski definition) is 3. The molecule has 0 unspecified atom stereocenters. The van der Waals surface area contributed by atoms with Gasteiger partial charge < -0.3 is 15.4 Å². The Hall–Kier alpha value is -3.03. The van der Waals surface area contributed by atoms with Gasteiger partial charge in [-0.1, -0.05) is 45.1 Å². The van der Waals surface area contributed by atoms with Gasteiger partial charge in [0.1, 0.15) is 0 Å². The first-order chi connectivity index (χ1) is 15.2. The zero-order valence-corrected chi connectivity index (χ0v) is 18.0. The van der Waals surface area contributed by atoms with Gasteiger partial charge in [0, 0.05) is 12.1 Å². The zero-order chi connectivity index (χ0) is 23.1. The zero-order valence-electron chi connectivity index (χ0n) is 18.0. The second-order valence-corrected chi connectivity index (χ2v) is 8.27. The number of imidazole rings is 1. The van der Waals surface area contributed by atoms with Crippen molar-refractivity contribution in [2.75, 3.05) is 5.32 Å². The van der Waals surface area contributed by atoms with Crippen LogP contribution < -0.4 is 5.32 Å². The van der Waals surface area contributed by atoms with Gasteiger partial charge in [0.05, 0.1) is 16.6 Å². The average molecular weight is 448 g/mol. The third kappa shape index (κ3) is 7.00. The third-order valence-corrected chi connectivity index (χ3v) is 5.54. The number of H-pyrrole nitrogens is 1. The molecule has 1 aliphatic rings. The number of nitrogens with zero attached hydrogens (tertiary/aromatic N) is 1. The second-order valence-electron chi connectivity index (χ2n) is 8.27. The molecule has 0 spiro atoms. The van der Waals surface area contributed by atoms with Crippen molar-refractivity contribution in [3.05, 3.63) is 53.6 Å². The van der Waals surface area contributed by atoms with E-state index in [1.54, 1.807) is 12.1 Å². The normalized spacial score (nSPS) is 14.6. The van der Waals surface area contributed by atoms with E-state index in [2.05, 4.69) is 22.2 Å². The van der Waals surface area contributed by atoms with Crippen molar-refractivity contribution in [2.24, 2.45) is 5.92 Å². The molecule has 4 rings (SSSR count). The minimum absolute atomic E-state index is 0.0380. The number of benzene rings is 2.